The molecule has 1 saturated carbocycles. The van der Waals surface area contributed by atoms with E-state index in [0.717, 1.165) is 28.7 Å². The Hall–Kier alpha value is -0.810. The van der Waals surface area contributed by atoms with Crippen molar-refractivity contribution in [2.75, 3.05) is 17.6 Å². The molecule has 1 aliphatic carbocycles. The zero-order chi connectivity index (χ0) is 11.7. The fourth-order valence-electron chi connectivity index (χ4n) is 1.56. The molecule has 5 heteroatoms. The molecule has 2 rings (SSSR count). The molecule has 1 aliphatic rings. The second-order valence-electron chi connectivity index (χ2n) is 4.29. The smallest absolute Gasteiger partial charge is 0.140 e. The third-order valence-electron chi connectivity index (χ3n) is 2.95. The standard InChI is InChI=1S/C11H16BrN3O/c1-6-8(13)4-14-11(10(6)12)15-5-9(16)7-2-3-7/h4,7,9,16H,2-3,5,13H2,1H3,(H,14,15). The molecule has 0 aromatic carbocycles. The molecule has 0 bridgehead atoms. The lowest BCUT2D eigenvalue weighted by atomic mass is 10.2. The van der Waals surface area contributed by atoms with Crippen LogP contribution in [0.4, 0.5) is 11.5 Å². The minimum atomic E-state index is -0.272. The van der Waals surface area contributed by atoms with E-state index < -0.39 is 0 Å². The minimum absolute atomic E-state index is 0.272. The molecule has 1 heterocycles. The van der Waals surface area contributed by atoms with E-state index in [0.29, 0.717) is 18.2 Å². The molecule has 1 unspecified atom stereocenters. The number of halogens is 1. The maximum absolute atomic E-state index is 9.73. The first-order valence-electron chi connectivity index (χ1n) is 5.42. The molecule has 0 spiro atoms. The monoisotopic (exact) mass is 285 g/mol. The van der Waals surface area contributed by atoms with Gasteiger partial charge in [-0.25, -0.2) is 4.98 Å². The summed E-state index contributed by atoms with van der Waals surface area (Å²) < 4.78 is 0.871. The first kappa shape index (κ1) is 11.7. The Morgan fingerprint density at radius 1 is 1.69 bits per heavy atom. The van der Waals surface area contributed by atoms with Gasteiger partial charge in [0.05, 0.1) is 22.5 Å². The molecule has 0 radical (unpaired) electrons. The van der Waals surface area contributed by atoms with Gasteiger partial charge in [-0.1, -0.05) is 0 Å². The lowest BCUT2D eigenvalue weighted by Gasteiger charge is -2.13. The van der Waals surface area contributed by atoms with Gasteiger partial charge in [-0.3, -0.25) is 0 Å². The van der Waals surface area contributed by atoms with Crippen molar-refractivity contribution in [1.29, 1.82) is 0 Å². The van der Waals surface area contributed by atoms with Crippen molar-refractivity contribution < 1.29 is 5.11 Å². The van der Waals surface area contributed by atoms with Gasteiger partial charge in [-0.2, -0.15) is 0 Å². The zero-order valence-corrected chi connectivity index (χ0v) is 10.8. The molecule has 1 atom stereocenters. The molecule has 1 aromatic heterocycles. The Morgan fingerprint density at radius 3 is 3.00 bits per heavy atom. The molecule has 4 nitrogen and oxygen atoms in total. The van der Waals surface area contributed by atoms with Crippen LogP contribution in [0.5, 0.6) is 0 Å². The van der Waals surface area contributed by atoms with Gasteiger partial charge in [-0.15, -0.1) is 0 Å². The van der Waals surface area contributed by atoms with Crippen LogP contribution in [0, 0.1) is 12.8 Å². The highest BCUT2D eigenvalue weighted by atomic mass is 79.9. The third-order valence-corrected chi connectivity index (χ3v) is 3.92. The van der Waals surface area contributed by atoms with E-state index >= 15 is 0 Å². The average Bonchev–Trinajstić information content (AvgIpc) is 3.08. The van der Waals surface area contributed by atoms with E-state index in [1.807, 2.05) is 6.92 Å². The Kier molecular flexibility index (Phi) is 3.35. The molecule has 1 aromatic rings. The van der Waals surface area contributed by atoms with Crippen molar-refractivity contribution in [3.05, 3.63) is 16.2 Å². The number of nitrogens with one attached hydrogen (secondary N) is 1. The molecule has 88 valence electrons. The summed E-state index contributed by atoms with van der Waals surface area (Å²) in [6, 6.07) is 0. The lowest BCUT2D eigenvalue weighted by molar-refractivity contribution is 0.164. The van der Waals surface area contributed by atoms with E-state index in [4.69, 9.17) is 5.73 Å². The van der Waals surface area contributed by atoms with Crippen molar-refractivity contribution in [1.82, 2.24) is 4.98 Å². The van der Waals surface area contributed by atoms with E-state index in [9.17, 15) is 5.11 Å². The van der Waals surface area contributed by atoms with Gasteiger partial charge in [-0.05, 0) is 47.2 Å². The number of nitrogens with two attached hydrogens (primary N) is 1. The van der Waals surface area contributed by atoms with Crippen LogP contribution in [0.25, 0.3) is 0 Å². The minimum Gasteiger partial charge on any atom is -0.397 e. The fourth-order valence-corrected chi connectivity index (χ4v) is 2.04. The van der Waals surface area contributed by atoms with Gasteiger partial charge in [0.15, 0.2) is 0 Å². The molecular formula is C11H16BrN3O. The van der Waals surface area contributed by atoms with Crippen LogP contribution in [0.1, 0.15) is 18.4 Å². The number of nitrogens with zero attached hydrogens (tertiary/aromatic N) is 1. The highest BCUT2D eigenvalue weighted by Crippen LogP contribution is 2.33. The number of hydrogen-bond donors (Lipinski definition) is 3. The van der Waals surface area contributed by atoms with Crippen molar-refractivity contribution in [2.24, 2.45) is 5.92 Å². The number of aromatic nitrogens is 1. The van der Waals surface area contributed by atoms with Crippen molar-refractivity contribution >= 4 is 27.4 Å². The first-order chi connectivity index (χ1) is 7.59. The van der Waals surface area contributed by atoms with Gasteiger partial charge < -0.3 is 16.2 Å². The summed E-state index contributed by atoms with van der Waals surface area (Å²) in [5.74, 6) is 1.22. The molecular weight excluding hydrogens is 270 g/mol. The lowest BCUT2D eigenvalue weighted by Crippen LogP contribution is -2.22. The summed E-state index contributed by atoms with van der Waals surface area (Å²) in [4.78, 5) is 4.20. The van der Waals surface area contributed by atoms with Crippen LogP contribution >= 0.6 is 15.9 Å². The van der Waals surface area contributed by atoms with E-state index in [1.165, 1.54) is 0 Å². The number of rotatable bonds is 4. The number of aliphatic hydroxyl groups is 1. The number of aliphatic hydroxyl groups excluding tert-OH is 1. The summed E-state index contributed by atoms with van der Waals surface area (Å²) >= 11 is 3.45. The molecule has 4 N–H and O–H groups in total. The second-order valence-corrected chi connectivity index (χ2v) is 5.08. The van der Waals surface area contributed by atoms with E-state index in [-0.39, 0.29) is 6.10 Å². The van der Waals surface area contributed by atoms with Crippen LogP contribution in [0.3, 0.4) is 0 Å². The largest absolute Gasteiger partial charge is 0.397 e. The van der Waals surface area contributed by atoms with Crippen molar-refractivity contribution in [3.63, 3.8) is 0 Å². The predicted molar refractivity (Wildman–Crippen MR) is 68.3 cm³/mol. The topological polar surface area (TPSA) is 71.2 Å². The van der Waals surface area contributed by atoms with Crippen LogP contribution in [-0.2, 0) is 0 Å². The second kappa shape index (κ2) is 4.59. The number of nitrogen functional groups attached to an aromatic ring is 1. The van der Waals surface area contributed by atoms with Gasteiger partial charge in [0.25, 0.3) is 0 Å². The maximum Gasteiger partial charge on any atom is 0.140 e. The van der Waals surface area contributed by atoms with Gasteiger partial charge in [0, 0.05) is 6.54 Å². The summed E-state index contributed by atoms with van der Waals surface area (Å²) in [5.41, 5.74) is 7.37. The highest BCUT2D eigenvalue weighted by molar-refractivity contribution is 9.10. The van der Waals surface area contributed by atoms with Crippen LogP contribution < -0.4 is 11.1 Å². The van der Waals surface area contributed by atoms with Gasteiger partial charge in [0.2, 0.25) is 0 Å². The highest BCUT2D eigenvalue weighted by Gasteiger charge is 2.29. The molecule has 0 saturated heterocycles. The van der Waals surface area contributed by atoms with Crippen LogP contribution in [0.15, 0.2) is 10.7 Å². The Morgan fingerprint density at radius 2 is 2.38 bits per heavy atom. The van der Waals surface area contributed by atoms with Crippen LogP contribution in [0.2, 0.25) is 0 Å². The van der Waals surface area contributed by atoms with Crippen LogP contribution in [-0.4, -0.2) is 22.7 Å². The Labute approximate surface area is 103 Å². The normalized spacial score (nSPS) is 17.2. The molecule has 0 aliphatic heterocycles. The first-order valence-corrected chi connectivity index (χ1v) is 6.21. The number of hydrogen-bond acceptors (Lipinski definition) is 4. The van der Waals surface area contributed by atoms with Crippen molar-refractivity contribution in [2.45, 2.75) is 25.9 Å². The van der Waals surface area contributed by atoms with Gasteiger partial charge in [0.1, 0.15) is 5.82 Å². The quantitative estimate of drug-likeness (QED) is 0.790. The van der Waals surface area contributed by atoms with E-state index in [1.54, 1.807) is 6.20 Å². The third kappa shape index (κ3) is 2.47. The fraction of sp³-hybridized carbons (Fsp3) is 0.545. The Bertz CT molecular complexity index is 393. The number of pyridine rings is 1. The van der Waals surface area contributed by atoms with Crippen molar-refractivity contribution in [3.8, 4) is 0 Å². The summed E-state index contributed by atoms with van der Waals surface area (Å²) in [7, 11) is 0. The van der Waals surface area contributed by atoms with E-state index in [2.05, 4.69) is 26.2 Å². The molecule has 16 heavy (non-hydrogen) atoms. The molecule has 0 amide bonds. The molecule has 1 fully saturated rings. The SMILES string of the molecule is Cc1c(N)cnc(NCC(O)C2CC2)c1Br. The Balaban J connectivity index is 2.01. The number of anilines is 2. The average molecular weight is 286 g/mol. The summed E-state index contributed by atoms with van der Waals surface area (Å²) in [5, 5.41) is 12.9. The zero-order valence-electron chi connectivity index (χ0n) is 9.20. The maximum atomic E-state index is 9.73. The summed E-state index contributed by atoms with van der Waals surface area (Å²) in [6.45, 7) is 2.48. The van der Waals surface area contributed by atoms with Gasteiger partial charge >= 0.3 is 0 Å². The predicted octanol–water partition coefficient (Wildman–Crippen LogP) is 1.92. The summed E-state index contributed by atoms with van der Waals surface area (Å²) in [6.07, 6.45) is 3.63.